The molecule has 0 aliphatic carbocycles. The van der Waals surface area contributed by atoms with E-state index in [4.69, 9.17) is 11.6 Å². The molecular weight excluding hydrogens is 385 g/mol. The molecule has 3 amide bonds. The number of aryl methyl sites for hydroxylation is 1. The number of anilines is 3. The molecular formula is C20H19ClFN3O3. The number of halogens is 2. The molecule has 2 aromatic rings. The molecule has 1 saturated heterocycles. The highest BCUT2D eigenvalue weighted by Crippen LogP contribution is 2.30. The van der Waals surface area contributed by atoms with Gasteiger partial charge in [0, 0.05) is 25.6 Å². The molecule has 1 aliphatic heterocycles. The number of hydrogen-bond acceptors (Lipinski definition) is 3. The molecule has 146 valence electrons. The molecule has 28 heavy (non-hydrogen) atoms. The van der Waals surface area contributed by atoms with Gasteiger partial charge in [-0.2, -0.15) is 0 Å². The van der Waals surface area contributed by atoms with Gasteiger partial charge in [-0.25, -0.2) is 4.39 Å². The van der Waals surface area contributed by atoms with E-state index in [1.807, 2.05) is 0 Å². The molecule has 1 atom stereocenters. The highest BCUT2D eigenvalue weighted by atomic mass is 35.5. The van der Waals surface area contributed by atoms with Gasteiger partial charge in [-0.1, -0.05) is 17.7 Å². The van der Waals surface area contributed by atoms with Crippen LogP contribution in [0.2, 0.25) is 5.02 Å². The fourth-order valence-corrected chi connectivity index (χ4v) is 3.25. The normalized spacial score (nSPS) is 16.2. The fourth-order valence-electron chi connectivity index (χ4n) is 3.08. The van der Waals surface area contributed by atoms with Crippen molar-refractivity contribution in [1.29, 1.82) is 0 Å². The zero-order chi connectivity index (χ0) is 20.4. The lowest BCUT2D eigenvalue weighted by Gasteiger charge is -2.18. The molecule has 0 aromatic heterocycles. The smallest absolute Gasteiger partial charge is 0.229 e. The van der Waals surface area contributed by atoms with Crippen LogP contribution in [-0.2, 0) is 14.4 Å². The minimum absolute atomic E-state index is 0.0256. The Morgan fingerprint density at radius 1 is 1.18 bits per heavy atom. The van der Waals surface area contributed by atoms with Gasteiger partial charge in [0.1, 0.15) is 5.82 Å². The Morgan fingerprint density at radius 2 is 1.93 bits per heavy atom. The van der Waals surface area contributed by atoms with E-state index in [1.54, 1.807) is 25.1 Å². The first-order valence-corrected chi connectivity index (χ1v) is 9.07. The Hall–Kier alpha value is -2.93. The Bertz CT molecular complexity index is 964. The summed E-state index contributed by atoms with van der Waals surface area (Å²) in [5, 5.41) is 5.60. The van der Waals surface area contributed by atoms with Crippen LogP contribution in [0.5, 0.6) is 0 Å². The second-order valence-corrected chi connectivity index (χ2v) is 7.13. The summed E-state index contributed by atoms with van der Waals surface area (Å²) in [6, 6.07) is 9.30. The molecule has 0 spiro atoms. The van der Waals surface area contributed by atoms with Crippen LogP contribution in [-0.4, -0.2) is 24.3 Å². The van der Waals surface area contributed by atoms with E-state index in [-0.39, 0.29) is 30.5 Å². The van der Waals surface area contributed by atoms with Crippen LogP contribution in [0.3, 0.4) is 0 Å². The topological polar surface area (TPSA) is 78.5 Å². The number of benzene rings is 2. The molecule has 0 radical (unpaired) electrons. The highest BCUT2D eigenvalue weighted by molar-refractivity contribution is 6.34. The van der Waals surface area contributed by atoms with Crippen molar-refractivity contribution in [2.45, 2.75) is 20.3 Å². The van der Waals surface area contributed by atoms with Crippen molar-refractivity contribution in [1.82, 2.24) is 0 Å². The van der Waals surface area contributed by atoms with Gasteiger partial charge in [-0.05, 0) is 42.8 Å². The standard InChI is InChI=1S/C20H19ClFN3O3/c1-11-3-6-18(16(22)7-11)25-10-13(8-19(25)27)20(28)24-17-9-14(23-12(2)26)4-5-15(17)21/h3-7,9,13H,8,10H2,1-2H3,(H,23,26)(H,24,28). The number of nitrogens with zero attached hydrogens (tertiary/aromatic N) is 1. The summed E-state index contributed by atoms with van der Waals surface area (Å²) in [7, 11) is 0. The lowest BCUT2D eigenvalue weighted by Crippen LogP contribution is -2.28. The predicted octanol–water partition coefficient (Wildman–Crippen LogP) is 3.74. The first kappa shape index (κ1) is 19.8. The maximum atomic E-state index is 14.2. The minimum Gasteiger partial charge on any atom is -0.326 e. The van der Waals surface area contributed by atoms with E-state index in [9.17, 15) is 18.8 Å². The highest BCUT2D eigenvalue weighted by Gasteiger charge is 2.36. The van der Waals surface area contributed by atoms with Crippen molar-refractivity contribution >= 4 is 46.4 Å². The molecule has 2 N–H and O–H groups in total. The molecule has 0 saturated carbocycles. The molecule has 2 aromatic carbocycles. The first-order chi connectivity index (χ1) is 13.2. The molecule has 1 aliphatic rings. The average molecular weight is 404 g/mol. The van der Waals surface area contributed by atoms with Gasteiger partial charge in [0.2, 0.25) is 17.7 Å². The third kappa shape index (κ3) is 4.31. The first-order valence-electron chi connectivity index (χ1n) is 8.69. The monoisotopic (exact) mass is 403 g/mol. The van der Waals surface area contributed by atoms with Crippen LogP contribution in [0.1, 0.15) is 18.9 Å². The average Bonchev–Trinajstić information content (AvgIpc) is 2.99. The lowest BCUT2D eigenvalue weighted by atomic mass is 10.1. The van der Waals surface area contributed by atoms with Crippen molar-refractivity contribution in [2.75, 3.05) is 22.1 Å². The number of carbonyl (C=O) groups is 3. The number of hydrogen-bond donors (Lipinski definition) is 2. The largest absolute Gasteiger partial charge is 0.326 e. The Balaban J connectivity index is 1.74. The molecule has 1 unspecified atom stereocenters. The van der Waals surface area contributed by atoms with Crippen LogP contribution in [0.25, 0.3) is 0 Å². The molecule has 0 bridgehead atoms. The van der Waals surface area contributed by atoms with Crippen LogP contribution in [0, 0.1) is 18.7 Å². The Kier molecular flexibility index (Phi) is 5.65. The van der Waals surface area contributed by atoms with Crippen LogP contribution in [0.15, 0.2) is 36.4 Å². The van der Waals surface area contributed by atoms with E-state index >= 15 is 0 Å². The Labute approximate surface area is 166 Å². The summed E-state index contributed by atoms with van der Waals surface area (Å²) in [5.74, 6) is -2.11. The van der Waals surface area contributed by atoms with E-state index in [1.165, 1.54) is 30.0 Å². The third-order valence-corrected chi connectivity index (χ3v) is 4.76. The van der Waals surface area contributed by atoms with Crippen LogP contribution >= 0.6 is 11.6 Å². The van der Waals surface area contributed by atoms with Gasteiger partial charge in [-0.3, -0.25) is 14.4 Å². The number of nitrogens with one attached hydrogen (secondary N) is 2. The molecule has 1 heterocycles. The van der Waals surface area contributed by atoms with Gasteiger partial charge in [0.15, 0.2) is 0 Å². The number of carbonyl (C=O) groups excluding carboxylic acids is 3. The van der Waals surface area contributed by atoms with Gasteiger partial charge in [0.25, 0.3) is 0 Å². The van der Waals surface area contributed by atoms with Crippen LogP contribution in [0.4, 0.5) is 21.5 Å². The van der Waals surface area contributed by atoms with Gasteiger partial charge in [-0.15, -0.1) is 0 Å². The third-order valence-electron chi connectivity index (χ3n) is 4.43. The van der Waals surface area contributed by atoms with Crippen molar-refractivity contribution in [3.63, 3.8) is 0 Å². The molecule has 6 nitrogen and oxygen atoms in total. The molecule has 8 heteroatoms. The van der Waals surface area contributed by atoms with E-state index in [0.29, 0.717) is 16.4 Å². The number of rotatable bonds is 4. The summed E-state index contributed by atoms with van der Waals surface area (Å²) >= 11 is 6.12. The van der Waals surface area contributed by atoms with Crippen molar-refractivity contribution in [3.8, 4) is 0 Å². The number of amides is 3. The summed E-state index contributed by atoms with van der Waals surface area (Å²) in [6.45, 7) is 3.21. The van der Waals surface area contributed by atoms with Crippen molar-refractivity contribution in [3.05, 3.63) is 52.8 Å². The molecule has 3 rings (SSSR count). The second-order valence-electron chi connectivity index (χ2n) is 6.73. The summed E-state index contributed by atoms with van der Waals surface area (Å²) in [5.41, 5.74) is 1.72. The zero-order valence-electron chi connectivity index (χ0n) is 15.4. The summed E-state index contributed by atoms with van der Waals surface area (Å²) in [4.78, 5) is 37.4. The van der Waals surface area contributed by atoms with Gasteiger partial charge < -0.3 is 15.5 Å². The van der Waals surface area contributed by atoms with Crippen molar-refractivity contribution < 1.29 is 18.8 Å². The second kappa shape index (κ2) is 7.98. The fraction of sp³-hybridized carbons (Fsp3) is 0.250. The van der Waals surface area contributed by atoms with Crippen molar-refractivity contribution in [2.24, 2.45) is 5.92 Å². The quantitative estimate of drug-likeness (QED) is 0.816. The summed E-state index contributed by atoms with van der Waals surface area (Å²) in [6.07, 6.45) is -0.0256. The maximum absolute atomic E-state index is 14.2. The predicted molar refractivity (Wildman–Crippen MR) is 106 cm³/mol. The van der Waals surface area contributed by atoms with Gasteiger partial charge >= 0.3 is 0 Å². The zero-order valence-corrected chi connectivity index (χ0v) is 16.1. The van der Waals surface area contributed by atoms with E-state index in [0.717, 1.165) is 5.56 Å². The van der Waals surface area contributed by atoms with E-state index in [2.05, 4.69) is 10.6 Å². The lowest BCUT2D eigenvalue weighted by molar-refractivity contribution is -0.122. The Morgan fingerprint density at radius 3 is 2.61 bits per heavy atom. The summed E-state index contributed by atoms with van der Waals surface area (Å²) < 4.78 is 14.2. The van der Waals surface area contributed by atoms with Crippen LogP contribution < -0.4 is 15.5 Å². The SMILES string of the molecule is CC(=O)Nc1ccc(Cl)c(NC(=O)C2CC(=O)N(c3ccc(C)cc3F)C2)c1. The maximum Gasteiger partial charge on any atom is 0.229 e. The minimum atomic E-state index is -0.645. The van der Waals surface area contributed by atoms with E-state index < -0.39 is 17.6 Å². The van der Waals surface area contributed by atoms with Gasteiger partial charge in [0.05, 0.1) is 22.3 Å². The molecule has 1 fully saturated rings.